The van der Waals surface area contributed by atoms with Crippen LogP contribution in [-0.2, 0) is 9.59 Å². The minimum absolute atomic E-state index is 0. The summed E-state index contributed by atoms with van der Waals surface area (Å²) in [7, 11) is 0. The van der Waals surface area contributed by atoms with Crippen LogP contribution in [0.1, 0.15) is 6.92 Å². The summed E-state index contributed by atoms with van der Waals surface area (Å²) in [6, 6.07) is 0. The Morgan fingerprint density at radius 1 is 0.950 bits per heavy atom. The van der Waals surface area contributed by atoms with Crippen LogP contribution >= 0.6 is 0 Å². The van der Waals surface area contributed by atoms with Gasteiger partial charge < -0.3 is 50.4 Å². The molecule has 0 heterocycles. The summed E-state index contributed by atoms with van der Waals surface area (Å²) in [5.41, 5.74) is 0. The number of hydrogen-bond acceptors (Lipinski definition) is 10. The van der Waals surface area contributed by atoms with Crippen molar-refractivity contribution >= 4 is 49.7 Å². The molecule has 0 aromatic carbocycles. The number of aliphatic carboxylic acids is 2. The maximum absolute atomic E-state index is 9.98. The molecule has 0 saturated heterocycles. The van der Waals surface area contributed by atoms with Gasteiger partial charge in [-0.25, -0.2) is 0 Å². The van der Waals surface area contributed by atoms with Crippen molar-refractivity contribution in [1.29, 1.82) is 0 Å². The molecule has 0 saturated carbocycles. The summed E-state index contributed by atoms with van der Waals surface area (Å²) in [4.78, 5) is 19.3. The zero-order valence-electron chi connectivity index (χ0n) is 10.6. The second-order valence-electron chi connectivity index (χ2n) is 3.49. The van der Waals surface area contributed by atoms with Crippen LogP contribution in [0.3, 0.4) is 0 Å². The topological polar surface area (TPSA) is 202 Å². The van der Waals surface area contributed by atoms with Crippen LogP contribution in [0.15, 0.2) is 0 Å². The minimum Gasteiger partial charge on any atom is -0.547 e. The summed E-state index contributed by atoms with van der Waals surface area (Å²) in [6.07, 6.45) is -9.42. The average Bonchev–Trinajstić information content (AvgIpc) is 2.35. The fourth-order valence-electron chi connectivity index (χ4n) is 0.662. The van der Waals surface area contributed by atoms with E-state index in [-0.39, 0.29) is 37.7 Å². The molecule has 5 atom stereocenters. The van der Waals surface area contributed by atoms with Crippen molar-refractivity contribution in [2.24, 2.45) is 0 Å². The van der Waals surface area contributed by atoms with Gasteiger partial charge in [-0.3, -0.25) is 0 Å². The summed E-state index contributed by atoms with van der Waals surface area (Å²) < 4.78 is 0. The van der Waals surface area contributed by atoms with Crippen LogP contribution in [0.4, 0.5) is 0 Å². The van der Waals surface area contributed by atoms with Gasteiger partial charge in [0.15, 0.2) is 0 Å². The Labute approximate surface area is 143 Å². The number of carbonyl (C=O) groups excluding carboxylic acids is 2. The van der Waals surface area contributed by atoms with Gasteiger partial charge in [-0.1, -0.05) is 0 Å². The van der Waals surface area contributed by atoms with Crippen molar-refractivity contribution in [3.8, 4) is 0 Å². The van der Waals surface area contributed by atoms with Gasteiger partial charge in [0.2, 0.25) is 0 Å². The molecule has 20 heavy (non-hydrogen) atoms. The molecule has 0 unspecified atom stereocenters. The third-order valence-corrected chi connectivity index (χ3v) is 1.84. The van der Waals surface area contributed by atoms with Crippen molar-refractivity contribution in [1.82, 2.24) is 0 Å². The van der Waals surface area contributed by atoms with E-state index in [9.17, 15) is 19.8 Å². The standard InChI is InChI=1S/C6H12O7.C3H6O3.Ca/c7-1-2(8)3(9)4(10)5(11)6(12)13;1-2(4)3(5)6;/h2-5,7-11H,1H2,(H,12,13);2,4H,1H3,(H,5,6);/q;;+2/p-2/t2-,3-,4+,5-;2-;/m10./s1. The van der Waals surface area contributed by atoms with Crippen LogP contribution in [0.5, 0.6) is 0 Å². The van der Waals surface area contributed by atoms with Crippen molar-refractivity contribution in [2.45, 2.75) is 37.4 Å². The van der Waals surface area contributed by atoms with Crippen LogP contribution in [-0.4, -0.2) is 117 Å². The van der Waals surface area contributed by atoms with Crippen molar-refractivity contribution < 1.29 is 50.4 Å². The van der Waals surface area contributed by atoms with Gasteiger partial charge in [0.05, 0.1) is 24.6 Å². The Hall–Kier alpha value is -0.0403. The number of carboxylic acids is 2. The molecule has 0 rings (SSSR count). The van der Waals surface area contributed by atoms with Gasteiger partial charge in [0.1, 0.15) is 24.4 Å². The fourth-order valence-corrected chi connectivity index (χ4v) is 0.662. The second-order valence-corrected chi connectivity index (χ2v) is 3.49. The SMILES string of the molecule is C[C@H](O)C(=O)[O-].O=C([O-])[C@H](O)[C@@H](O)[C@H](O)[C@H](O)CO.[Ca+2]. The summed E-state index contributed by atoms with van der Waals surface area (Å²) in [5, 5.41) is 70.7. The molecule has 0 aliphatic carbocycles. The molecule has 0 fully saturated rings. The Balaban J connectivity index is -0.000000352. The van der Waals surface area contributed by atoms with E-state index in [1.807, 2.05) is 0 Å². The van der Waals surface area contributed by atoms with E-state index in [0.29, 0.717) is 0 Å². The molecule has 0 aromatic rings. The van der Waals surface area contributed by atoms with Gasteiger partial charge in [0.25, 0.3) is 0 Å². The number of rotatable bonds is 6. The van der Waals surface area contributed by atoms with Crippen LogP contribution in [0, 0.1) is 0 Å². The van der Waals surface area contributed by atoms with Gasteiger partial charge >= 0.3 is 37.7 Å². The zero-order valence-corrected chi connectivity index (χ0v) is 12.8. The molecule has 0 spiro atoms. The number of hydrogen-bond donors (Lipinski definition) is 6. The first-order chi connectivity index (χ1) is 8.56. The zero-order chi connectivity index (χ0) is 15.7. The van der Waals surface area contributed by atoms with Gasteiger partial charge in [-0.15, -0.1) is 0 Å². The molecule has 11 heteroatoms. The monoisotopic (exact) mass is 324 g/mol. The smallest absolute Gasteiger partial charge is 0.547 e. The predicted molar refractivity (Wildman–Crippen MR) is 58.6 cm³/mol. The largest absolute Gasteiger partial charge is 2.00 e. The molecule has 0 radical (unpaired) electrons. The van der Waals surface area contributed by atoms with E-state index >= 15 is 0 Å². The molecule has 0 aliphatic heterocycles. The number of aliphatic hydroxyl groups excluding tert-OH is 6. The molecule has 114 valence electrons. The van der Waals surface area contributed by atoms with Crippen LogP contribution in [0.2, 0.25) is 0 Å². The minimum atomic E-state index is -2.31. The van der Waals surface area contributed by atoms with E-state index < -0.39 is 49.1 Å². The molecule has 10 nitrogen and oxygen atoms in total. The number of aliphatic hydroxyl groups is 6. The van der Waals surface area contributed by atoms with Gasteiger partial charge in [-0.05, 0) is 6.92 Å². The summed E-state index contributed by atoms with van der Waals surface area (Å²) in [6.45, 7) is 0.271. The quantitative estimate of drug-likeness (QED) is 0.255. The van der Waals surface area contributed by atoms with Gasteiger partial charge in [-0.2, -0.15) is 0 Å². The van der Waals surface area contributed by atoms with Crippen LogP contribution < -0.4 is 10.2 Å². The first kappa shape index (κ1) is 24.9. The number of carbonyl (C=O) groups is 2. The molecule has 0 aliphatic rings. The maximum atomic E-state index is 9.98. The Morgan fingerprint density at radius 3 is 1.50 bits per heavy atom. The van der Waals surface area contributed by atoms with E-state index in [1.54, 1.807) is 0 Å². The maximum Gasteiger partial charge on any atom is 2.00 e. The second kappa shape index (κ2) is 12.7. The molecule has 0 aromatic heterocycles. The van der Waals surface area contributed by atoms with Crippen molar-refractivity contribution in [3.05, 3.63) is 0 Å². The first-order valence-corrected chi connectivity index (χ1v) is 4.99. The number of carboxylic acid groups (broad SMARTS) is 2. The molecular weight excluding hydrogens is 308 g/mol. The summed E-state index contributed by atoms with van der Waals surface area (Å²) in [5.74, 6) is -3.41. The van der Waals surface area contributed by atoms with E-state index in [2.05, 4.69) is 0 Å². The van der Waals surface area contributed by atoms with Gasteiger partial charge in [0, 0.05) is 0 Å². The van der Waals surface area contributed by atoms with E-state index in [1.165, 1.54) is 0 Å². The third kappa shape index (κ3) is 10.7. The Kier molecular flexibility index (Phi) is 15.8. The Morgan fingerprint density at radius 2 is 1.30 bits per heavy atom. The third-order valence-electron chi connectivity index (χ3n) is 1.84. The molecule has 0 amide bonds. The fraction of sp³-hybridized carbons (Fsp3) is 0.778. The van der Waals surface area contributed by atoms with Crippen LogP contribution in [0.25, 0.3) is 0 Å². The summed E-state index contributed by atoms with van der Waals surface area (Å²) >= 11 is 0. The Bertz CT molecular complexity index is 284. The van der Waals surface area contributed by atoms with Crippen molar-refractivity contribution in [3.63, 3.8) is 0 Å². The van der Waals surface area contributed by atoms with E-state index in [0.717, 1.165) is 6.92 Å². The normalized spacial score (nSPS) is 17.4. The molecule has 6 N–H and O–H groups in total. The molecule has 0 bridgehead atoms. The first-order valence-electron chi connectivity index (χ1n) is 4.99. The molecular formula is C9H16CaO10. The van der Waals surface area contributed by atoms with Crippen molar-refractivity contribution in [2.75, 3.05) is 6.61 Å². The van der Waals surface area contributed by atoms with E-state index in [4.69, 9.17) is 30.6 Å². The predicted octanol–water partition coefficient (Wildman–Crippen LogP) is -7.09. The average molecular weight is 324 g/mol.